The lowest BCUT2D eigenvalue weighted by molar-refractivity contribution is 0.951. The highest BCUT2D eigenvalue weighted by Gasteiger charge is 2.15. The third-order valence-corrected chi connectivity index (χ3v) is 5.98. The number of hydrogen-bond donors (Lipinski definition) is 2. The standard InChI is InChI=1S/C19H21N7S2/c1-26(2)17-15-16(23-18(28-15)21-9-8-14-10-20-12-22-14)24-19(25-17)27-11-13-6-4-3-5-7-13/h3-7,10,12H,8-9,11H2,1-2H3,(H,20,22)(H,21,23,24,25). The zero-order valence-electron chi connectivity index (χ0n) is 15.7. The molecule has 1 aromatic carbocycles. The van der Waals surface area contributed by atoms with Gasteiger partial charge in [-0.15, -0.1) is 0 Å². The predicted molar refractivity (Wildman–Crippen MR) is 116 cm³/mol. The van der Waals surface area contributed by atoms with Crippen LogP contribution in [0.5, 0.6) is 0 Å². The van der Waals surface area contributed by atoms with Gasteiger partial charge in [-0.3, -0.25) is 0 Å². The van der Waals surface area contributed by atoms with Crippen molar-refractivity contribution < 1.29 is 0 Å². The van der Waals surface area contributed by atoms with Gasteiger partial charge in [-0.05, 0) is 5.56 Å². The zero-order chi connectivity index (χ0) is 19.3. The molecule has 2 N–H and O–H groups in total. The van der Waals surface area contributed by atoms with Crippen LogP contribution in [0.25, 0.3) is 10.3 Å². The summed E-state index contributed by atoms with van der Waals surface area (Å²) in [4.78, 5) is 23.3. The Bertz CT molecular complexity index is 1030. The molecule has 3 aromatic heterocycles. The first kappa shape index (κ1) is 18.7. The first-order chi connectivity index (χ1) is 13.7. The molecule has 0 spiro atoms. The van der Waals surface area contributed by atoms with E-state index in [0.717, 1.165) is 50.9 Å². The third-order valence-electron chi connectivity index (χ3n) is 4.06. The van der Waals surface area contributed by atoms with Gasteiger partial charge in [-0.25, -0.2) is 15.0 Å². The molecule has 4 aromatic rings. The minimum absolute atomic E-state index is 0.738. The number of thiazole rings is 1. The second kappa shape index (κ2) is 8.57. The fraction of sp³-hybridized carbons (Fsp3) is 0.263. The van der Waals surface area contributed by atoms with Crippen molar-refractivity contribution in [2.75, 3.05) is 30.9 Å². The smallest absolute Gasteiger partial charge is 0.191 e. The summed E-state index contributed by atoms with van der Waals surface area (Å²) >= 11 is 3.22. The molecule has 0 bridgehead atoms. The van der Waals surface area contributed by atoms with Crippen molar-refractivity contribution in [3.8, 4) is 0 Å². The topological polar surface area (TPSA) is 82.6 Å². The highest BCUT2D eigenvalue weighted by Crippen LogP contribution is 2.33. The van der Waals surface area contributed by atoms with Crippen molar-refractivity contribution in [1.29, 1.82) is 0 Å². The Morgan fingerprint density at radius 3 is 2.75 bits per heavy atom. The molecular weight excluding hydrogens is 390 g/mol. The molecule has 144 valence electrons. The number of aromatic amines is 1. The number of hydrogen-bond acceptors (Lipinski definition) is 8. The highest BCUT2D eigenvalue weighted by atomic mass is 32.2. The summed E-state index contributed by atoms with van der Waals surface area (Å²) in [6, 6.07) is 10.3. The van der Waals surface area contributed by atoms with Crippen LogP contribution in [0.2, 0.25) is 0 Å². The molecule has 3 heterocycles. The predicted octanol–water partition coefficient (Wildman–Crippen LogP) is 3.82. The number of aromatic nitrogens is 5. The van der Waals surface area contributed by atoms with E-state index in [1.807, 2.05) is 43.4 Å². The molecule has 0 saturated carbocycles. The number of nitrogens with one attached hydrogen (secondary N) is 2. The van der Waals surface area contributed by atoms with E-state index in [4.69, 9.17) is 4.98 Å². The number of fused-ring (bicyclic) bond motifs is 1. The van der Waals surface area contributed by atoms with Crippen LogP contribution in [0, 0.1) is 0 Å². The first-order valence-corrected chi connectivity index (χ1v) is 10.7. The van der Waals surface area contributed by atoms with Crippen molar-refractivity contribution in [2.24, 2.45) is 0 Å². The van der Waals surface area contributed by atoms with Crippen molar-refractivity contribution in [1.82, 2.24) is 24.9 Å². The van der Waals surface area contributed by atoms with E-state index in [1.54, 1.807) is 29.4 Å². The van der Waals surface area contributed by atoms with E-state index >= 15 is 0 Å². The Morgan fingerprint density at radius 1 is 1.14 bits per heavy atom. The monoisotopic (exact) mass is 411 g/mol. The summed E-state index contributed by atoms with van der Waals surface area (Å²) in [5.74, 6) is 1.73. The second-order valence-electron chi connectivity index (χ2n) is 6.41. The molecular formula is C19H21N7S2. The average molecular weight is 412 g/mol. The van der Waals surface area contributed by atoms with Crippen LogP contribution in [0.3, 0.4) is 0 Å². The van der Waals surface area contributed by atoms with Crippen LogP contribution in [-0.2, 0) is 12.2 Å². The highest BCUT2D eigenvalue weighted by molar-refractivity contribution is 7.98. The van der Waals surface area contributed by atoms with E-state index < -0.39 is 0 Å². The zero-order valence-corrected chi connectivity index (χ0v) is 17.3. The van der Waals surface area contributed by atoms with Gasteiger partial charge in [0.1, 0.15) is 4.70 Å². The quantitative estimate of drug-likeness (QED) is 0.337. The lowest BCUT2D eigenvalue weighted by atomic mass is 10.2. The van der Waals surface area contributed by atoms with Crippen molar-refractivity contribution in [3.05, 3.63) is 54.1 Å². The molecule has 9 heteroatoms. The summed E-state index contributed by atoms with van der Waals surface area (Å²) in [7, 11) is 4.00. The van der Waals surface area contributed by atoms with Gasteiger partial charge in [0.05, 0.1) is 12.0 Å². The molecule has 0 saturated heterocycles. The van der Waals surface area contributed by atoms with Crippen LogP contribution in [0.1, 0.15) is 11.3 Å². The van der Waals surface area contributed by atoms with Gasteiger partial charge >= 0.3 is 0 Å². The molecule has 28 heavy (non-hydrogen) atoms. The van der Waals surface area contributed by atoms with Crippen molar-refractivity contribution in [2.45, 2.75) is 17.3 Å². The first-order valence-electron chi connectivity index (χ1n) is 8.93. The third kappa shape index (κ3) is 4.42. The molecule has 0 amide bonds. The molecule has 0 radical (unpaired) electrons. The molecule has 7 nitrogen and oxygen atoms in total. The van der Waals surface area contributed by atoms with E-state index in [0.29, 0.717) is 0 Å². The fourth-order valence-electron chi connectivity index (χ4n) is 2.68. The van der Waals surface area contributed by atoms with Crippen molar-refractivity contribution in [3.63, 3.8) is 0 Å². The maximum absolute atomic E-state index is 4.76. The molecule has 0 atom stereocenters. The number of anilines is 2. The van der Waals surface area contributed by atoms with E-state index in [-0.39, 0.29) is 0 Å². The van der Waals surface area contributed by atoms with Crippen LogP contribution in [0.4, 0.5) is 10.9 Å². The Hall–Kier alpha value is -2.65. The lowest BCUT2D eigenvalue weighted by Crippen LogP contribution is -2.11. The summed E-state index contributed by atoms with van der Waals surface area (Å²) < 4.78 is 0.997. The van der Waals surface area contributed by atoms with Gasteiger partial charge in [-0.1, -0.05) is 53.4 Å². The van der Waals surface area contributed by atoms with Crippen molar-refractivity contribution >= 4 is 44.4 Å². The minimum Gasteiger partial charge on any atom is -0.361 e. The van der Waals surface area contributed by atoms with Gasteiger partial charge in [-0.2, -0.15) is 4.98 Å². The van der Waals surface area contributed by atoms with Gasteiger partial charge in [0.2, 0.25) is 0 Å². The summed E-state index contributed by atoms with van der Waals surface area (Å²) in [5, 5.41) is 4.97. The van der Waals surface area contributed by atoms with E-state index in [2.05, 4.69) is 37.4 Å². The fourth-order valence-corrected chi connectivity index (χ4v) is 4.47. The van der Waals surface area contributed by atoms with Crippen LogP contribution in [0.15, 0.2) is 48.0 Å². The number of H-pyrrole nitrogens is 1. The molecule has 0 aliphatic carbocycles. The van der Waals surface area contributed by atoms with Crippen LogP contribution in [-0.4, -0.2) is 45.6 Å². The number of rotatable bonds is 8. The number of imidazole rings is 1. The Balaban J connectivity index is 1.51. The average Bonchev–Trinajstić information content (AvgIpc) is 3.36. The largest absolute Gasteiger partial charge is 0.361 e. The SMILES string of the molecule is CN(C)c1nc(SCc2ccccc2)nc2nc(NCCc3c[nH]cn3)sc12. The Kier molecular flexibility index (Phi) is 5.73. The number of thioether (sulfide) groups is 1. The number of nitrogens with zero attached hydrogens (tertiary/aromatic N) is 5. The van der Waals surface area contributed by atoms with Crippen LogP contribution < -0.4 is 10.2 Å². The van der Waals surface area contributed by atoms with E-state index in [9.17, 15) is 0 Å². The minimum atomic E-state index is 0.738. The maximum atomic E-state index is 4.76. The van der Waals surface area contributed by atoms with Gasteiger partial charge in [0.15, 0.2) is 21.8 Å². The summed E-state index contributed by atoms with van der Waals surface area (Å²) in [6.07, 6.45) is 4.44. The molecule has 0 unspecified atom stereocenters. The van der Waals surface area contributed by atoms with Gasteiger partial charge in [0, 0.05) is 39.0 Å². The second-order valence-corrected chi connectivity index (χ2v) is 8.35. The normalized spacial score (nSPS) is 11.1. The Labute approximate surface area is 171 Å². The molecule has 0 aliphatic heterocycles. The summed E-state index contributed by atoms with van der Waals surface area (Å²) in [5.41, 5.74) is 3.02. The molecule has 0 fully saturated rings. The lowest BCUT2D eigenvalue weighted by Gasteiger charge is -2.12. The van der Waals surface area contributed by atoms with E-state index in [1.165, 1.54) is 5.56 Å². The number of benzene rings is 1. The Morgan fingerprint density at radius 2 is 2.00 bits per heavy atom. The molecule has 0 aliphatic rings. The summed E-state index contributed by atoms with van der Waals surface area (Å²) in [6.45, 7) is 0.769. The van der Waals surface area contributed by atoms with Gasteiger partial charge in [0.25, 0.3) is 0 Å². The maximum Gasteiger partial charge on any atom is 0.191 e. The van der Waals surface area contributed by atoms with Gasteiger partial charge < -0.3 is 15.2 Å². The molecule has 4 rings (SSSR count). The van der Waals surface area contributed by atoms with Crippen LogP contribution >= 0.6 is 23.1 Å².